The van der Waals surface area contributed by atoms with Gasteiger partial charge in [0.25, 0.3) is 0 Å². The summed E-state index contributed by atoms with van der Waals surface area (Å²) in [6, 6.07) is 2.54. The highest BCUT2D eigenvalue weighted by Crippen LogP contribution is 2.32. The van der Waals surface area contributed by atoms with Crippen LogP contribution in [0.3, 0.4) is 0 Å². The Balaban J connectivity index is 3.34. The number of carboxylic acid groups (broad SMARTS) is 1. The fourth-order valence-electron chi connectivity index (χ4n) is 1.40. The first kappa shape index (κ1) is 11.3. The summed E-state index contributed by atoms with van der Waals surface area (Å²) in [6.45, 7) is -0.208. The van der Waals surface area contributed by atoms with Crippen molar-refractivity contribution in [1.82, 2.24) is 0 Å². The Morgan fingerprint density at radius 3 is 2.60 bits per heavy atom. The summed E-state index contributed by atoms with van der Waals surface area (Å²) in [5.74, 6) is -1.15. The third-order valence-electron chi connectivity index (χ3n) is 2.04. The average molecular weight is 212 g/mol. The van der Waals surface area contributed by atoms with Gasteiger partial charge in [0.05, 0.1) is 12.7 Å². The van der Waals surface area contributed by atoms with Gasteiger partial charge in [0.2, 0.25) is 0 Å². The summed E-state index contributed by atoms with van der Waals surface area (Å²) in [7, 11) is 1.33. The SMILES string of the molecule is COc1c(O)ccc(C(=O)O)c1CCO. The number of carbonyl (C=O) groups is 1. The fraction of sp³-hybridized carbons (Fsp3) is 0.300. The summed E-state index contributed by atoms with van der Waals surface area (Å²) in [4.78, 5) is 10.9. The molecule has 0 atom stereocenters. The quantitative estimate of drug-likeness (QED) is 0.681. The molecular formula is C10H12O5. The van der Waals surface area contributed by atoms with E-state index in [1.54, 1.807) is 0 Å². The van der Waals surface area contributed by atoms with Crippen LogP contribution in [-0.4, -0.2) is 35.0 Å². The molecule has 0 fully saturated rings. The van der Waals surface area contributed by atoms with Crippen molar-refractivity contribution >= 4 is 5.97 Å². The van der Waals surface area contributed by atoms with Crippen LogP contribution >= 0.6 is 0 Å². The van der Waals surface area contributed by atoms with Crippen LogP contribution < -0.4 is 4.74 Å². The molecule has 0 aromatic heterocycles. The smallest absolute Gasteiger partial charge is 0.336 e. The minimum Gasteiger partial charge on any atom is -0.504 e. The predicted octanol–water partition coefficient (Wildman–Crippen LogP) is 0.634. The van der Waals surface area contributed by atoms with Crippen molar-refractivity contribution in [3.63, 3.8) is 0 Å². The van der Waals surface area contributed by atoms with E-state index in [4.69, 9.17) is 14.9 Å². The molecule has 0 amide bonds. The molecule has 0 unspecified atom stereocenters. The highest BCUT2D eigenvalue weighted by molar-refractivity contribution is 5.90. The average Bonchev–Trinajstić information content (AvgIpc) is 2.18. The van der Waals surface area contributed by atoms with Gasteiger partial charge in [-0.2, -0.15) is 0 Å². The van der Waals surface area contributed by atoms with Gasteiger partial charge in [-0.15, -0.1) is 0 Å². The van der Waals surface area contributed by atoms with E-state index in [2.05, 4.69) is 0 Å². The third kappa shape index (κ3) is 2.19. The van der Waals surface area contributed by atoms with Gasteiger partial charge in [-0.1, -0.05) is 0 Å². The molecule has 0 aliphatic carbocycles. The molecule has 82 valence electrons. The number of aromatic hydroxyl groups is 1. The molecule has 1 aromatic rings. The summed E-state index contributed by atoms with van der Waals surface area (Å²) < 4.78 is 4.90. The second kappa shape index (κ2) is 4.65. The molecule has 0 heterocycles. The Bertz CT molecular complexity index is 372. The molecule has 1 rings (SSSR count). The maximum atomic E-state index is 10.9. The molecular weight excluding hydrogens is 200 g/mol. The van der Waals surface area contributed by atoms with E-state index in [1.165, 1.54) is 19.2 Å². The maximum absolute atomic E-state index is 10.9. The van der Waals surface area contributed by atoms with Crippen molar-refractivity contribution < 1.29 is 24.9 Å². The van der Waals surface area contributed by atoms with Crippen molar-refractivity contribution in [2.24, 2.45) is 0 Å². The van der Waals surface area contributed by atoms with E-state index in [1.807, 2.05) is 0 Å². The highest BCUT2D eigenvalue weighted by atomic mass is 16.5. The summed E-state index contributed by atoms with van der Waals surface area (Å²) in [5, 5.41) is 27.1. The zero-order chi connectivity index (χ0) is 11.4. The van der Waals surface area contributed by atoms with Crippen molar-refractivity contribution in [2.45, 2.75) is 6.42 Å². The normalized spacial score (nSPS) is 10.0. The zero-order valence-electron chi connectivity index (χ0n) is 8.23. The number of benzene rings is 1. The second-order valence-electron chi connectivity index (χ2n) is 2.92. The van der Waals surface area contributed by atoms with Gasteiger partial charge in [0.15, 0.2) is 11.5 Å². The Labute approximate surface area is 86.5 Å². The van der Waals surface area contributed by atoms with Crippen molar-refractivity contribution in [3.8, 4) is 11.5 Å². The molecule has 0 radical (unpaired) electrons. The van der Waals surface area contributed by atoms with E-state index in [-0.39, 0.29) is 30.1 Å². The monoisotopic (exact) mass is 212 g/mol. The van der Waals surface area contributed by atoms with Crippen LogP contribution in [0.2, 0.25) is 0 Å². The fourth-order valence-corrected chi connectivity index (χ4v) is 1.40. The standard InChI is InChI=1S/C10H12O5/c1-15-9-6(4-5-11)7(10(13)14)2-3-8(9)12/h2-3,11-12H,4-5H2,1H3,(H,13,14). The third-order valence-corrected chi connectivity index (χ3v) is 2.04. The van der Waals surface area contributed by atoms with E-state index in [9.17, 15) is 9.90 Å². The van der Waals surface area contributed by atoms with Gasteiger partial charge in [-0.25, -0.2) is 4.79 Å². The zero-order valence-corrected chi connectivity index (χ0v) is 8.23. The lowest BCUT2D eigenvalue weighted by molar-refractivity contribution is 0.0695. The number of aromatic carboxylic acids is 1. The molecule has 0 aliphatic heterocycles. The Kier molecular flexibility index (Phi) is 3.51. The molecule has 5 nitrogen and oxygen atoms in total. The number of hydrogen-bond donors (Lipinski definition) is 3. The highest BCUT2D eigenvalue weighted by Gasteiger charge is 2.17. The molecule has 0 aliphatic rings. The molecule has 0 spiro atoms. The van der Waals surface area contributed by atoms with E-state index >= 15 is 0 Å². The topological polar surface area (TPSA) is 87.0 Å². The van der Waals surface area contributed by atoms with E-state index in [0.29, 0.717) is 5.56 Å². The number of aliphatic hydroxyl groups is 1. The van der Waals surface area contributed by atoms with Crippen LogP contribution in [0.25, 0.3) is 0 Å². The lowest BCUT2D eigenvalue weighted by atomic mass is 10.0. The molecule has 5 heteroatoms. The summed E-state index contributed by atoms with van der Waals surface area (Å²) >= 11 is 0. The molecule has 0 saturated heterocycles. The number of ether oxygens (including phenoxy) is 1. The van der Waals surface area contributed by atoms with Crippen LogP contribution in [0.1, 0.15) is 15.9 Å². The Hall–Kier alpha value is -1.75. The predicted molar refractivity (Wildman–Crippen MR) is 52.4 cm³/mol. The van der Waals surface area contributed by atoms with Gasteiger partial charge in [0.1, 0.15) is 0 Å². The number of phenolic OH excluding ortho intramolecular Hbond substituents is 1. The maximum Gasteiger partial charge on any atom is 0.336 e. The van der Waals surface area contributed by atoms with Crippen LogP contribution in [0.15, 0.2) is 12.1 Å². The van der Waals surface area contributed by atoms with Gasteiger partial charge >= 0.3 is 5.97 Å². The first-order chi connectivity index (χ1) is 7.11. The van der Waals surface area contributed by atoms with Crippen molar-refractivity contribution in [3.05, 3.63) is 23.3 Å². The van der Waals surface area contributed by atoms with Crippen molar-refractivity contribution in [1.29, 1.82) is 0 Å². The van der Waals surface area contributed by atoms with Crippen LogP contribution in [0.5, 0.6) is 11.5 Å². The minimum absolute atomic E-state index is 0.0266. The van der Waals surface area contributed by atoms with E-state index < -0.39 is 5.97 Å². The lowest BCUT2D eigenvalue weighted by Crippen LogP contribution is -2.06. The summed E-state index contributed by atoms with van der Waals surface area (Å²) in [6.07, 6.45) is 0.124. The number of methoxy groups -OCH3 is 1. The van der Waals surface area contributed by atoms with Crippen LogP contribution in [0, 0.1) is 0 Å². The number of rotatable bonds is 4. The van der Waals surface area contributed by atoms with Gasteiger partial charge in [-0.3, -0.25) is 0 Å². The molecule has 15 heavy (non-hydrogen) atoms. The first-order valence-electron chi connectivity index (χ1n) is 4.34. The number of hydrogen-bond acceptors (Lipinski definition) is 4. The van der Waals surface area contributed by atoms with E-state index in [0.717, 1.165) is 0 Å². The Morgan fingerprint density at radius 1 is 1.47 bits per heavy atom. The molecule has 1 aromatic carbocycles. The number of aliphatic hydroxyl groups excluding tert-OH is 1. The number of phenols is 1. The van der Waals surface area contributed by atoms with Crippen molar-refractivity contribution in [2.75, 3.05) is 13.7 Å². The Morgan fingerprint density at radius 2 is 2.13 bits per heavy atom. The van der Waals surface area contributed by atoms with Gasteiger partial charge in [-0.05, 0) is 12.1 Å². The molecule has 0 saturated carbocycles. The van der Waals surface area contributed by atoms with Gasteiger partial charge < -0.3 is 20.1 Å². The lowest BCUT2D eigenvalue weighted by Gasteiger charge is -2.11. The van der Waals surface area contributed by atoms with Crippen LogP contribution in [-0.2, 0) is 6.42 Å². The second-order valence-corrected chi connectivity index (χ2v) is 2.92. The van der Waals surface area contributed by atoms with Gasteiger partial charge in [0, 0.05) is 18.6 Å². The number of carboxylic acids is 1. The largest absolute Gasteiger partial charge is 0.504 e. The molecule has 0 bridgehead atoms. The van der Waals surface area contributed by atoms with Crippen LogP contribution in [0.4, 0.5) is 0 Å². The minimum atomic E-state index is -1.11. The first-order valence-corrected chi connectivity index (χ1v) is 4.34. The summed E-state index contributed by atoms with van der Waals surface area (Å²) in [5.41, 5.74) is 0.325. The molecule has 3 N–H and O–H groups in total.